The molecule has 0 unspecified atom stereocenters. The monoisotopic (exact) mass is 285 g/mol. The quantitative estimate of drug-likeness (QED) is 0.445. The van der Waals surface area contributed by atoms with Crippen molar-refractivity contribution in [3.8, 4) is 0 Å². The molecule has 0 N–H and O–H groups in total. The zero-order valence-corrected chi connectivity index (χ0v) is 13.7. The zero-order valence-electron chi connectivity index (χ0n) is 13.7. The van der Waals surface area contributed by atoms with E-state index in [0.717, 1.165) is 6.42 Å². The first-order valence-electron chi connectivity index (χ1n) is 9.05. The summed E-state index contributed by atoms with van der Waals surface area (Å²) in [5, 5.41) is 0. The summed E-state index contributed by atoms with van der Waals surface area (Å²) >= 11 is 0. The summed E-state index contributed by atoms with van der Waals surface area (Å²) in [5.74, 6) is 0. The third-order valence-electron chi connectivity index (χ3n) is 3.99. The average molecular weight is 285 g/mol. The third kappa shape index (κ3) is 13.7. The smallest absolute Gasteiger partial charge is 0.0276 e. The maximum Gasteiger partial charge on any atom is -0.0276 e. The van der Waals surface area contributed by atoms with Gasteiger partial charge in [0.2, 0.25) is 0 Å². The first-order valence-corrected chi connectivity index (χ1v) is 9.05. The van der Waals surface area contributed by atoms with Crippen LogP contribution >= 0.6 is 0 Å². The number of hydrogen-bond acceptors (Lipinski definition) is 0. The van der Waals surface area contributed by atoms with Crippen molar-refractivity contribution >= 4 is 0 Å². The molecule has 117 valence electrons. The lowest BCUT2D eigenvalue weighted by Gasteiger charge is -2.02. The Morgan fingerprint density at radius 1 is 0.476 bits per heavy atom. The average Bonchev–Trinajstić information content (AvgIpc) is 2.50. The molecule has 0 bridgehead atoms. The van der Waals surface area contributed by atoms with Gasteiger partial charge in [0.25, 0.3) is 0 Å². The van der Waals surface area contributed by atoms with Crippen LogP contribution in [0.25, 0.3) is 0 Å². The van der Waals surface area contributed by atoms with E-state index in [0.29, 0.717) is 0 Å². The molecule has 21 heavy (non-hydrogen) atoms. The van der Waals surface area contributed by atoms with Crippen LogP contribution in [0.3, 0.4) is 0 Å². The van der Waals surface area contributed by atoms with Gasteiger partial charge in [-0.1, -0.05) is 100 Å². The molecular weight excluding hydrogens is 252 g/mol. The van der Waals surface area contributed by atoms with Crippen molar-refractivity contribution in [3.05, 3.63) is 48.6 Å². The minimum absolute atomic E-state index is 1.11. The molecule has 0 aromatic heterocycles. The fourth-order valence-corrected chi connectivity index (χ4v) is 2.65. The lowest BCUT2D eigenvalue weighted by atomic mass is 10.0. The molecule has 0 saturated carbocycles. The van der Waals surface area contributed by atoms with Gasteiger partial charge in [-0.05, 0) is 31.8 Å². The minimum Gasteiger partial charge on any atom is -0.0845 e. The fraction of sp³-hybridized carbons (Fsp3) is 0.619. The molecule has 1 aliphatic rings. The molecule has 1 aliphatic carbocycles. The Hall–Kier alpha value is -1.04. The van der Waals surface area contributed by atoms with Crippen LogP contribution in [0, 0.1) is 6.08 Å². The molecule has 0 amide bonds. The molecule has 1 rings (SSSR count). The highest BCUT2D eigenvalue weighted by atomic mass is 14.0. The normalized spacial score (nSPS) is 27.0. The van der Waals surface area contributed by atoms with Gasteiger partial charge in [-0.25, -0.2) is 0 Å². The summed E-state index contributed by atoms with van der Waals surface area (Å²) in [5.41, 5.74) is 0. The van der Waals surface area contributed by atoms with E-state index >= 15 is 0 Å². The van der Waals surface area contributed by atoms with Crippen LogP contribution in [-0.2, 0) is 0 Å². The van der Waals surface area contributed by atoms with E-state index in [4.69, 9.17) is 0 Å². The van der Waals surface area contributed by atoms with Gasteiger partial charge in [-0.2, -0.15) is 0 Å². The second-order valence-corrected chi connectivity index (χ2v) is 6.00. The second-order valence-electron chi connectivity index (χ2n) is 6.00. The molecule has 0 aromatic rings. The van der Waals surface area contributed by atoms with Crippen molar-refractivity contribution < 1.29 is 0 Å². The molecule has 0 saturated heterocycles. The fourth-order valence-electron chi connectivity index (χ4n) is 2.65. The second kappa shape index (κ2) is 15.4. The molecule has 0 heteroatoms. The molecular formula is C21H33. The van der Waals surface area contributed by atoms with Crippen LogP contribution in [0.2, 0.25) is 0 Å². The molecule has 0 fully saturated rings. The topological polar surface area (TPSA) is 0 Å². The van der Waals surface area contributed by atoms with E-state index in [2.05, 4.69) is 48.6 Å². The van der Waals surface area contributed by atoms with Gasteiger partial charge in [0.15, 0.2) is 0 Å². The molecule has 0 aromatic carbocycles. The van der Waals surface area contributed by atoms with Crippen molar-refractivity contribution in [2.45, 2.75) is 83.5 Å². The van der Waals surface area contributed by atoms with E-state index in [9.17, 15) is 0 Å². The highest BCUT2D eigenvalue weighted by Crippen LogP contribution is 2.12. The SMILES string of the molecule is [C]1=C/C=C/C=C\C=C/CCCCCCCCCCCCC/1. The van der Waals surface area contributed by atoms with Crippen molar-refractivity contribution in [1.29, 1.82) is 0 Å². The van der Waals surface area contributed by atoms with Crippen molar-refractivity contribution in [1.82, 2.24) is 0 Å². The van der Waals surface area contributed by atoms with Gasteiger partial charge in [0.1, 0.15) is 0 Å². The number of hydrogen-bond donors (Lipinski definition) is 0. The highest BCUT2D eigenvalue weighted by Gasteiger charge is 1.93. The van der Waals surface area contributed by atoms with Gasteiger partial charge in [0, 0.05) is 0 Å². The standard InChI is InChI=1S/C21H33/c1-2-4-6-8-10-12-14-16-18-20-21-19-17-15-13-11-9-7-5-3-1/h1-7H,8,10-21H2/b2-1-,5-3+,6-4-,9-7?. The summed E-state index contributed by atoms with van der Waals surface area (Å²) in [6.07, 6.45) is 36.0. The molecule has 0 nitrogen and oxygen atoms in total. The Balaban J connectivity index is 2.23. The Bertz CT molecular complexity index is 285. The predicted octanol–water partition coefficient (Wildman–Crippen LogP) is 7.10. The van der Waals surface area contributed by atoms with E-state index in [1.807, 2.05) is 0 Å². The molecule has 0 aliphatic heterocycles. The van der Waals surface area contributed by atoms with Crippen molar-refractivity contribution in [2.24, 2.45) is 0 Å². The highest BCUT2D eigenvalue weighted by molar-refractivity contribution is 5.14. The predicted molar refractivity (Wildman–Crippen MR) is 95.3 cm³/mol. The lowest BCUT2D eigenvalue weighted by molar-refractivity contribution is 0.547. The molecule has 0 atom stereocenters. The van der Waals surface area contributed by atoms with E-state index in [1.165, 1.54) is 77.0 Å². The van der Waals surface area contributed by atoms with Crippen LogP contribution in [0.15, 0.2) is 42.5 Å². The first kappa shape index (κ1) is 18.0. The lowest BCUT2D eigenvalue weighted by Crippen LogP contribution is -1.82. The molecule has 0 heterocycles. The van der Waals surface area contributed by atoms with Gasteiger partial charge in [0.05, 0.1) is 0 Å². The maximum atomic E-state index is 3.35. The van der Waals surface area contributed by atoms with Crippen LogP contribution < -0.4 is 0 Å². The molecule has 1 radical (unpaired) electrons. The minimum atomic E-state index is 1.11. The van der Waals surface area contributed by atoms with E-state index < -0.39 is 0 Å². The van der Waals surface area contributed by atoms with E-state index in [-0.39, 0.29) is 0 Å². The summed E-state index contributed by atoms with van der Waals surface area (Å²) in [4.78, 5) is 0. The Morgan fingerprint density at radius 2 is 1.00 bits per heavy atom. The number of allylic oxidation sites excluding steroid dienone is 8. The van der Waals surface area contributed by atoms with Crippen LogP contribution in [0.4, 0.5) is 0 Å². The maximum absolute atomic E-state index is 3.35. The number of rotatable bonds is 0. The largest absolute Gasteiger partial charge is 0.0845 e. The van der Waals surface area contributed by atoms with Crippen molar-refractivity contribution in [2.75, 3.05) is 0 Å². The van der Waals surface area contributed by atoms with Crippen LogP contribution in [0.1, 0.15) is 83.5 Å². The Labute approximate surface area is 132 Å². The van der Waals surface area contributed by atoms with Gasteiger partial charge < -0.3 is 0 Å². The van der Waals surface area contributed by atoms with Gasteiger partial charge in [-0.3, -0.25) is 0 Å². The summed E-state index contributed by atoms with van der Waals surface area (Å²) in [6.45, 7) is 0. The first-order chi connectivity index (χ1) is 10.5. The summed E-state index contributed by atoms with van der Waals surface area (Å²) in [7, 11) is 0. The van der Waals surface area contributed by atoms with Crippen LogP contribution in [-0.4, -0.2) is 0 Å². The summed E-state index contributed by atoms with van der Waals surface area (Å²) in [6, 6.07) is 0. The molecule has 0 spiro atoms. The Kier molecular flexibility index (Phi) is 13.2. The zero-order chi connectivity index (χ0) is 14.8. The van der Waals surface area contributed by atoms with Crippen molar-refractivity contribution in [3.63, 3.8) is 0 Å². The van der Waals surface area contributed by atoms with E-state index in [1.54, 1.807) is 0 Å². The Morgan fingerprint density at radius 3 is 1.71 bits per heavy atom. The van der Waals surface area contributed by atoms with Gasteiger partial charge in [-0.15, -0.1) is 0 Å². The van der Waals surface area contributed by atoms with Gasteiger partial charge >= 0.3 is 0 Å². The third-order valence-corrected chi connectivity index (χ3v) is 3.99. The van der Waals surface area contributed by atoms with Crippen LogP contribution in [0.5, 0.6) is 0 Å². The summed E-state index contributed by atoms with van der Waals surface area (Å²) < 4.78 is 0.